The van der Waals surface area contributed by atoms with Crippen molar-refractivity contribution in [1.82, 2.24) is 10.6 Å². The number of ether oxygens (including phenoxy) is 2. The molecule has 0 spiro atoms. The summed E-state index contributed by atoms with van der Waals surface area (Å²) < 4.78 is 10.3. The molecule has 0 radical (unpaired) electrons. The average Bonchev–Trinajstić information content (AvgIpc) is 3.08. The lowest BCUT2D eigenvalue weighted by atomic mass is 10.1. The monoisotopic (exact) mass is 383 g/mol. The third-order valence-electron chi connectivity index (χ3n) is 4.68. The molecule has 1 atom stereocenters. The van der Waals surface area contributed by atoms with E-state index in [4.69, 9.17) is 9.47 Å². The molecular weight excluding hydrogens is 358 g/mol. The molecule has 7 heteroatoms. The first-order chi connectivity index (χ1) is 13.6. The zero-order valence-electron chi connectivity index (χ0n) is 16.1. The summed E-state index contributed by atoms with van der Waals surface area (Å²) in [5, 5.41) is 5.72. The van der Waals surface area contributed by atoms with Gasteiger partial charge in [-0.2, -0.15) is 0 Å². The van der Waals surface area contributed by atoms with Crippen LogP contribution in [0.25, 0.3) is 0 Å². The molecule has 2 aromatic carbocycles. The molecule has 0 aliphatic carbocycles. The molecule has 2 N–H and O–H groups in total. The van der Waals surface area contributed by atoms with E-state index in [1.165, 1.54) is 0 Å². The molecule has 3 rings (SSSR count). The van der Waals surface area contributed by atoms with Crippen LogP contribution in [0.5, 0.6) is 11.5 Å². The molecule has 0 saturated carbocycles. The number of hydrogen-bond acceptors (Lipinski definition) is 4. The Morgan fingerprint density at radius 2 is 1.86 bits per heavy atom. The van der Waals surface area contributed by atoms with Gasteiger partial charge in [-0.05, 0) is 36.2 Å². The van der Waals surface area contributed by atoms with Crippen LogP contribution in [0.2, 0.25) is 0 Å². The van der Waals surface area contributed by atoms with Gasteiger partial charge in [-0.15, -0.1) is 0 Å². The van der Waals surface area contributed by atoms with Crippen molar-refractivity contribution in [3.8, 4) is 11.5 Å². The van der Waals surface area contributed by atoms with Gasteiger partial charge in [0.15, 0.2) is 0 Å². The summed E-state index contributed by atoms with van der Waals surface area (Å²) in [6, 6.07) is 14.6. The first-order valence-electron chi connectivity index (χ1n) is 9.21. The smallest absolute Gasteiger partial charge is 0.315 e. The van der Waals surface area contributed by atoms with Gasteiger partial charge in [-0.3, -0.25) is 4.79 Å². The third-order valence-corrected chi connectivity index (χ3v) is 4.68. The number of benzene rings is 2. The number of amides is 3. The quantitative estimate of drug-likeness (QED) is 0.769. The molecule has 148 valence electrons. The number of hydrogen-bond donors (Lipinski definition) is 2. The molecule has 28 heavy (non-hydrogen) atoms. The molecular formula is C21H25N3O4. The van der Waals surface area contributed by atoms with Crippen molar-refractivity contribution in [2.24, 2.45) is 0 Å². The number of nitrogens with zero attached hydrogens (tertiary/aromatic N) is 1. The van der Waals surface area contributed by atoms with Crippen LogP contribution in [0, 0.1) is 0 Å². The largest absolute Gasteiger partial charge is 0.497 e. The van der Waals surface area contributed by atoms with E-state index in [1.807, 2.05) is 48.5 Å². The zero-order chi connectivity index (χ0) is 19.9. The first kappa shape index (κ1) is 19.5. The van der Waals surface area contributed by atoms with Gasteiger partial charge in [-0.25, -0.2) is 4.79 Å². The molecule has 1 saturated heterocycles. The van der Waals surface area contributed by atoms with E-state index in [0.717, 1.165) is 23.4 Å². The minimum Gasteiger partial charge on any atom is -0.497 e. The Morgan fingerprint density at radius 3 is 2.57 bits per heavy atom. The summed E-state index contributed by atoms with van der Waals surface area (Å²) in [6.45, 7) is 0.955. The van der Waals surface area contributed by atoms with E-state index < -0.39 is 0 Å². The van der Waals surface area contributed by atoms with E-state index >= 15 is 0 Å². The second-order valence-electron chi connectivity index (χ2n) is 6.61. The molecule has 0 aromatic heterocycles. The Kier molecular flexibility index (Phi) is 6.37. The van der Waals surface area contributed by atoms with Gasteiger partial charge in [0.2, 0.25) is 5.91 Å². The highest BCUT2D eigenvalue weighted by molar-refractivity contribution is 5.97. The van der Waals surface area contributed by atoms with Crippen molar-refractivity contribution in [3.05, 3.63) is 54.1 Å². The van der Waals surface area contributed by atoms with Crippen molar-refractivity contribution in [3.63, 3.8) is 0 Å². The van der Waals surface area contributed by atoms with E-state index in [9.17, 15) is 9.59 Å². The highest BCUT2D eigenvalue weighted by atomic mass is 16.5. The van der Waals surface area contributed by atoms with Gasteiger partial charge < -0.3 is 25.0 Å². The van der Waals surface area contributed by atoms with Crippen LogP contribution in [-0.4, -0.2) is 45.3 Å². The summed E-state index contributed by atoms with van der Waals surface area (Å²) in [5.74, 6) is 1.48. The minimum absolute atomic E-state index is 0.0169. The predicted molar refractivity (Wildman–Crippen MR) is 107 cm³/mol. The van der Waals surface area contributed by atoms with Gasteiger partial charge in [0.05, 0.1) is 20.3 Å². The summed E-state index contributed by atoms with van der Waals surface area (Å²) in [4.78, 5) is 26.1. The summed E-state index contributed by atoms with van der Waals surface area (Å²) in [7, 11) is 3.22. The molecule has 1 fully saturated rings. The maximum atomic E-state index is 12.3. The molecule has 1 aliphatic heterocycles. The highest BCUT2D eigenvalue weighted by Gasteiger charge is 2.31. The Hall–Kier alpha value is -3.22. The fourth-order valence-electron chi connectivity index (χ4n) is 3.18. The second kappa shape index (κ2) is 9.12. The third kappa shape index (κ3) is 4.94. The Labute approximate surface area is 164 Å². The van der Waals surface area contributed by atoms with E-state index in [1.54, 1.807) is 19.1 Å². The summed E-state index contributed by atoms with van der Waals surface area (Å²) in [6.07, 6.45) is 1.00. The van der Waals surface area contributed by atoms with Gasteiger partial charge in [-0.1, -0.05) is 18.2 Å². The maximum absolute atomic E-state index is 12.3. The van der Waals surface area contributed by atoms with Crippen molar-refractivity contribution < 1.29 is 19.1 Å². The maximum Gasteiger partial charge on any atom is 0.315 e. The molecule has 0 unspecified atom stereocenters. The van der Waals surface area contributed by atoms with Crippen LogP contribution in [0.4, 0.5) is 10.5 Å². The van der Waals surface area contributed by atoms with Crippen LogP contribution in [0.1, 0.15) is 12.0 Å². The van der Waals surface area contributed by atoms with Crippen molar-refractivity contribution in [2.75, 3.05) is 32.2 Å². The van der Waals surface area contributed by atoms with Gasteiger partial charge in [0, 0.05) is 31.3 Å². The van der Waals surface area contributed by atoms with Gasteiger partial charge in [0.25, 0.3) is 0 Å². The van der Waals surface area contributed by atoms with Crippen molar-refractivity contribution >= 4 is 17.6 Å². The molecule has 7 nitrogen and oxygen atoms in total. The van der Waals surface area contributed by atoms with Crippen LogP contribution in [0.3, 0.4) is 0 Å². The molecule has 3 amide bonds. The summed E-state index contributed by atoms with van der Waals surface area (Å²) in [5.41, 5.74) is 1.88. The molecule has 2 aromatic rings. The zero-order valence-corrected chi connectivity index (χ0v) is 16.1. The number of rotatable bonds is 7. The molecule has 1 heterocycles. The van der Waals surface area contributed by atoms with E-state index in [-0.39, 0.29) is 24.4 Å². The molecule has 1 aliphatic rings. The van der Waals surface area contributed by atoms with Crippen LogP contribution in [-0.2, 0) is 11.2 Å². The van der Waals surface area contributed by atoms with E-state index in [0.29, 0.717) is 18.8 Å². The number of carbonyl (C=O) groups excluding carboxylic acids is 2. The fourth-order valence-corrected chi connectivity index (χ4v) is 3.18. The highest BCUT2D eigenvalue weighted by Crippen LogP contribution is 2.25. The topological polar surface area (TPSA) is 79.9 Å². The van der Waals surface area contributed by atoms with Crippen molar-refractivity contribution in [1.29, 1.82) is 0 Å². The lowest BCUT2D eigenvalue weighted by Crippen LogP contribution is -2.43. The number of urea groups is 1. The molecule has 0 bridgehead atoms. The Balaban J connectivity index is 1.46. The second-order valence-corrected chi connectivity index (χ2v) is 6.61. The van der Waals surface area contributed by atoms with Crippen LogP contribution in [0.15, 0.2) is 48.5 Å². The SMILES string of the molecule is COc1ccc(CCNC(=O)N[C@@H]2CC(=O)N(c3cccc(OC)c3)C2)cc1. The standard InChI is InChI=1S/C21H25N3O4/c1-27-18-8-6-15(7-9-18)10-11-22-21(26)23-16-12-20(25)24(14-16)17-4-3-5-19(13-17)28-2/h3-9,13,16H,10-12,14H2,1-2H3,(H2,22,23,26)/t16-/m1/s1. The number of methoxy groups -OCH3 is 2. The van der Waals surface area contributed by atoms with Gasteiger partial charge >= 0.3 is 6.03 Å². The van der Waals surface area contributed by atoms with Gasteiger partial charge in [0.1, 0.15) is 11.5 Å². The predicted octanol–water partition coefficient (Wildman–Crippen LogP) is 2.35. The lowest BCUT2D eigenvalue weighted by Gasteiger charge is -2.18. The number of anilines is 1. The lowest BCUT2D eigenvalue weighted by molar-refractivity contribution is -0.117. The summed E-state index contributed by atoms with van der Waals surface area (Å²) >= 11 is 0. The van der Waals surface area contributed by atoms with Crippen molar-refractivity contribution in [2.45, 2.75) is 18.9 Å². The van der Waals surface area contributed by atoms with Crippen LogP contribution >= 0.6 is 0 Å². The number of nitrogens with one attached hydrogen (secondary N) is 2. The Morgan fingerprint density at radius 1 is 1.11 bits per heavy atom. The normalized spacial score (nSPS) is 16.0. The number of carbonyl (C=O) groups is 2. The fraction of sp³-hybridized carbons (Fsp3) is 0.333. The van der Waals surface area contributed by atoms with E-state index in [2.05, 4.69) is 10.6 Å². The average molecular weight is 383 g/mol. The van der Waals surface area contributed by atoms with Crippen LogP contribution < -0.4 is 25.0 Å². The minimum atomic E-state index is -0.265. The first-order valence-corrected chi connectivity index (χ1v) is 9.21. The Bertz CT molecular complexity index is 823.